The lowest BCUT2D eigenvalue weighted by Crippen LogP contribution is -2.30. The number of nitrogens with zero attached hydrogens (tertiary/aromatic N) is 1. The van der Waals surface area contributed by atoms with Crippen molar-refractivity contribution in [1.82, 2.24) is 10.3 Å². The highest BCUT2D eigenvalue weighted by Crippen LogP contribution is 2.20. The van der Waals surface area contributed by atoms with Gasteiger partial charge in [-0.1, -0.05) is 24.3 Å². The van der Waals surface area contributed by atoms with E-state index in [0.717, 1.165) is 29.3 Å². The Kier molecular flexibility index (Phi) is 3.72. The molecule has 1 aliphatic heterocycles. The zero-order valence-corrected chi connectivity index (χ0v) is 12.1. The first kappa shape index (κ1) is 13.5. The molecule has 1 aromatic carbocycles. The van der Waals surface area contributed by atoms with Gasteiger partial charge in [-0.2, -0.15) is 0 Å². The van der Waals surface area contributed by atoms with Crippen LogP contribution in [0.1, 0.15) is 18.4 Å². The van der Waals surface area contributed by atoms with Crippen molar-refractivity contribution < 1.29 is 8.42 Å². The molecule has 1 saturated heterocycles. The number of pyridine rings is 1. The van der Waals surface area contributed by atoms with Crippen LogP contribution in [0.4, 0.5) is 0 Å². The Labute approximate surface area is 119 Å². The van der Waals surface area contributed by atoms with Crippen molar-refractivity contribution in [2.75, 3.05) is 12.3 Å². The SMILES string of the molecule is O=S1(=O)CCC[C@@H]1CNCc1cccc2cccnc12. The second-order valence-electron chi connectivity index (χ2n) is 5.25. The summed E-state index contributed by atoms with van der Waals surface area (Å²) < 4.78 is 23.5. The number of fused-ring (bicyclic) bond motifs is 1. The van der Waals surface area contributed by atoms with E-state index in [1.807, 2.05) is 30.3 Å². The third kappa shape index (κ3) is 2.69. The van der Waals surface area contributed by atoms with Gasteiger partial charge in [0.2, 0.25) is 0 Å². The average molecular weight is 290 g/mol. The molecular formula is C15H18N2O2S. The van der Waals surface area contributed by atoms with Crippen LogP contribution < -0.4 is 5.32 Å². The van der Waals surface area contributed by atoms with Gasteiger partial charge < -0.3 is 5.32 Å². The topological polar surface area (TPSA) is 59.1 Å². The van der Waals surface area contributed by atoms with Crippen molar-refractivity contribution in [2.24, 2.45) is 0 Å². The summed E-state index contributed by atoms with van der Waals surface area (Å²) in [5.41, 5.74) is 2.09. The Balaban J connectivity index is 1.69. The number of rotatable bonds is 4. The fourth-order valence-electron chi connectivity index (χ4n) is 2.77. The quantitative estimate of drug-likeness (QED) is 0.934. The number of para-hydroxylation sites is 1. The van der Waals surface area contributed by atoms with Crippen molar-refractivity contribution in [3.8, 4) is 0 Å². The van der Waals surface area contributed by atoms with Crippen LogP contribution in [0.5, 0.6) is 0 Å². The first-order valence-electron chi connectivity index (χ1n) is 6.92. The molecule has 2 aromatic rings. The van der Waals surface area contributed by atoms with Crippen LogP contribution >= 0.6 is 0 Å². The Morgan fingerprint density at radius 2 is 2.10 bits per heavy atom. The lowest BCUT2D eigenvalue weighted by Gasteiger charge is -2.11. The number of aromatic nitrogens is 1. The standard InChI is InChI=1S/C15H18N2O2S/c18-20(19)9-3-7-14(20)11-16-10-13-5-1-4-12-6-2-8-17-15(12)13/h1-2,4-6,8,14,16H,3,7,9-11H2/t14-/m1/s1. The van der Waals surface area contributed by atoms with Gasteiger partial charge in [-0.05, 0) is 24.5 Å². The lowest BCUT2D eigenvalue weighted by atomic mass is 10.1. The summed E-state index contributed by atoms with van der Waals surface area (Å²) in [5, 5.41) is 4.17. The van der Waals surface area contributed by atoms with Gasteiger partial charge in [0.15, 0.2) is 9.84 Å². The van der Waals surface area contributed by atoms with Crippen molar-refractivity contribution >= 4 is 20.7 Å². The van der Waals surface area contributed by atoms with Gasteiger partial charge >= 0.3 is 0 Å². The smallest absolute Gasteiger partial charge is 0.154 e. The predicted molar refractivity (Wildman–Crippen MR) is 80.3 cm³/mol. The maximum Gasteiger partial charge on any atom is 0.154 e. The Morgan fingerprint density at radius 1 is 1.25 bits per heavy atom. The molecule has 4 nitrogen and oxygen atoms in total. The monoisotopic (exact) mass is 290 g/mol. The molecule has 0 radical (unpaired) electrons. The van der Waals surface area contributed by atoms with Crippen LogP contribution in [0.15, 0.2) is 36.5 Å². The summed E-state index contributed by atoms with van der Waals surface area (Å²) in [6, 6.07) is 10.0. The fraction of sp³-hybridized carbons (Fsp3) is 0.400. The van der Waals surface area contributed by atoms with E-state index in [-0.39, 0.29) is 5.25 Å². The Bertz CT molecular complexity index is 707. The predicted octanol–water partition coefficient (Wildman–Crippen LogP) is 1.90. The number of sulfone groups is 1. The molecule has 1 aliphatic rings. The highest BCUT2D eigenvalue weighted by molar-refractivity contribution is 7.92. The molecule has 1 N–H and O–H groups in total. The molecule has 0 saturated carbocycles. The summed E-state index contributed by atoms with van der Waals surface area (Å²) in [6.07, 6.45) is 3.36. The molecule has 0 amide bonds. The Morgan fingerprint density at radius 3 is 2.90 bits per heavy atom. The van der Waals surface area contributed by atoms with E-state index < -0.39 is 9.84 Å². The molecule has 2 heterocycles. The lowest BCUT2D eigenvalue weighted by molar-refractivity contribution is 0.574. The molecular weight excluding hydrogens is 272 g/mol. The number of benzene rings is 1. The highest BCUT2D eigenvalue weighted by Gasteiger charge is 2.30. The zero-order valence-electron chi connectivity index (χ0n) is 11.2. The van der Waals surface area contributed by atoms with Gasteiger partial charge in [0.25, 0.3) is 0 Å². The maximum atomic E-state index is 11.8. The summed E-state index contributed by atoms with van der Waals surface area (Å²) >= 11 is 0. The molecule has 0 bridgehead atoms. The summed E-state index contributed by atoms with van der Waals surface area (Å²) in [6.45, 7) is 1.19. The van der Waals surface area contributed by atoms with E-state index in [1.165, 1.54) is 0 Å². The van der Waals surface area contributed by atoms with Crippen LogP contribution in [0.25, 0.3) is 10.9 Å². The Hall–Kier alpha value is -1.46. The van der Waals surface area contributed by atoms with E-state index in [4.69, 9.17) is 0 Å². The van der Waals surface area contributed by atoms with E-state index >= 15 is 0 Å². The van der Waals surface area contributed by atoms with Gasteiger partial charge in [0.05, 0.1) is 16.5 Å². The minimum absolute atomic E-state index is 0.217. The van der Waals surface area contributed by atoms with E-state index in [2.05, 4.69) is 10.3 Å². The average Bonchev–Trinajstić information content (AvgIpc) is 2.78. The van der Waals surface area contributed by atoms with Crippen LogP contribution in [-0.2, 0) is 16.4 Å². The van der Waals surface area contributed by atoms with Gasteiger partial charge in [-0.3, -0.25) is 4.98 Å². The van der Waals surface area contributed by atoms with Gasteiger partial charge in [-0.15, -0.1) is 0 Å². The minimum atomic E-state index is -2.86. The molecule has 0 spiro atoms. The number of nitrogens with one attached hydrogen (secondary N) is 1. The summed E-state index contributed by atoms with van der Waals surface area (Å²) in [5.74, 6) is 0.342. The maximum absolute atomic E-state index is 11.8. The van der Waals surface area contributed by atoms with Crippen molar-refractivity contribution in [3.63, 3.8) is 0 Å². The zero-order chi connectivity index (χ0) is 14.0. The van der Waals surface area contributed by atoms with Crippen LogP contribution in [-0.4, -0.2) is 30.9 Å². The normalized spacial score (nSPS) is 21.3. The second-order valence-corrected chi connectivity index (χ2v) is 7.66. The van der Waals surface area contributed by atoms with Gasteiger partial charge in [-0.25, -0.2) is 8.42 Å². The molecule has 0 aliphatic carbocycles. The first-order valence-corrected chi connectivity index (χ1v) is 8.63. The summed E-state index contributed by atoms with van der Waals surface area (Å²) in [4.78, 5) is 4.40. The minimum Gasteiger partial charge on any atom is -0.311 e. The number of hydrogen-bond donors (Lipinski definition) is 1. The highest BCUT2D eigenvalue weighted by atomic mass is 32.2. The largest absolute Gasteiger partial charge is 0.311 e. The number of hydrogen-bond acceptors (Lipinski definition) is 4. The molecule has 106 valence electrons. The van der Waals surface area contributed by atoms with Crippen molar-refractivity contribution in [3.05, 3.63) is 42.1 Å². The molecule has 1 aromatic heterocycles. The van der Waals surface area contributed by atoms with Crippen LogP contribution in [0, 0.1) is 0 Å². The third-order valence-corrected chi connectivity index (χ3v) is 6.14. The molecule has 1 fully saturated rings. The third-order valence-electron chi connectivity index (χ3n) is 3.87. The molecule has 1 atom stereocenters. The van der Waals surface area contributed by atoms with Crippen molar-refractivity contribution in [1.29, 1.82) is 0 Å². The van der Waals surface area contributed by atoms with E-state index in [1.54, 1.807) is 6.20 Å². The molecule has 3 rings (SSSR count). The molecule has 20 heavy (non-hydrogen) atoms. The molecule has 5 heteroatoms. The first-order chi connectivity index (χ1) is 9.67. The van der Waals surface area contributed by atoms with Gasteiger partial charge in [0, 0.05) is 24.7 Å². The molecule has 0 unspecified atom stereocenters. The van der Waals surface area contributed by atoms with Crippen LogP contribution in [0.2, 0.25) is 0 Å². The fourth-order valence-corrected chi connectivity index (χ4v) is 4.57. The second kappa shape index (κ2) is 5.50. The van der Waals surface area contributed by atoms with Gasteiger partial charge in [0.1, 0.15) is 0 Å². The van der Waals surface area contributed by atoms with E-state index in [9.17, 15) is 8.42 Å². The summed E-state index contributed by atoms with van der Waals surface area (Å²) in [7, 11) is -2.86. The van der Waals surface area contributed by atoms with E-state index in [0.29, 0.717) is 18.8 Å². The van der Waals surface area contributed by atoms with Crippen LogP contribution in [0.3, 0.4) is 0 Å². The van der Waals surface area contributed by atoms with Crippen molar-refractivity contribution in [2.45, 2.75) is 24.6 Å².